The van der Waals surface area contributed by atoms with E-state index in [0.29, 0.717) is 6.54 Å². The molecule has 1 aromatic carbocycles. The van der Waals surface area contributed by atoms with Gasteiger partial charge in [-0.25, -0.2) is 4.31 Å². The van der Waals surface area contributed by atoms with Crippen molar-refractivity contribution in [2.75, 3.05) is 25.0 Å². The third kappa shape index (κ3) is 3.50. The Hall–Kier alpha value is -2.25. The molecule has 1 N–H and O–H groups in total. The molecule has 0 amide bonds. The summed E-state index contributed by atoms with van der Waals surface area (Å²) in [6.45, 7) is 7.85. The Morgan fingerprint density at radius 2 is 2.08 bits per heavy atom. The van der Waals surface area contributed by atoms with Crippen LogP contribution in [0.5, 0.6) is 5.75 Å². The molecule has 0 saturated carbocycles. The number of benzene rings is 1. The van der Waals surface area contributed by atoms with Crippen molar-refractivity contribution in [1.82, 2.24) is 18.9 Å². The highest BCUT2D eigenvalue weighted by molar-refractivity contribution is 7.97. The van der Waals surface area contributed by atoms with Crippen molar-refractivity contribution in [1.29, 1.82) is 0 Å². The van der Waals surface area contributed by atoms with Gasteiger partial charge >= 0.3 is 0 Å². The minimum absolute atomic E-state index is 0.710. The number of aromatic nitrogens is 3. The van der Waals surface area contributed by atoms with Crippen molar-refractivity contribution in [3.05, 3.63) is 47.7 Å². The van der Waals surface area contributed by atoms with Gasteiger partial charge in [0.05, 0.1) is 6.61 Å². The Morgan fingerprint density at radius 1 is 1.19 bits per heavy atom. The second-order valence-electron chi connectivity index (χ2n) is 6.22. The quantitative estimate of drug-likeness (QED) is 0.642. The van der Waals surface area contributed by atoms with Crippen LogP contribution in [0.3, 0.4) is 0 Å². The van der Waals surface area contributed by atoms with E-state index in [0.717, 1.165) is 43.5 Å². The first-order chi connectivity index (χ1) is 12.8. The summed E-state index contributed by atoms with van der Waals surface area (Å²) >= 11 is 1.76. The Kier molecular flexibility index (Phi) is 4.99. The molecule has 0 unspecified atom stereocenters. The lowest BCUT2D eigenvalue weighted by atomic mass is 10.1. The van der Waals surface area contributed by atoms with Crippen LogP contribution < -0.4 is 10.1 Å². The maximum atomic E-state index is 5.57. The number of nitrogens with zero attached hydrogens (tertiary/aromatic N) is 4. The average molecular weight is 369 g/mol. The Morgan fingerprint density at radius 3 is 2.92 bits per heavy atom. The van der Waals surface area contributed by atoms with Crippen molar-refractivity contribution in [3.63, 3.8) is 0 Å². The zero-order valence-corrected chi connectivity index (χ0v) is 15.9. The highest BCUT2D eigenvalue weighted by Gasteiger charge is 2.13. The minimum Gasteiger partial charge on any atom is -0.493 e. The number of fused-ring (bicyclic) bond motifs is 2. The molecule has 7 heteroatoms. The lowest BCUT2D eigenvalue weighted by Gasteiger charge is -2.16. The molecule has 3 aromatic rings. The first kappa shape index (κ1) is 17.2. The maximum absolute atomic E-state index is 5.57. The molecule has 26 heavy (non-hydrogen) atoms. The van der Waals surface area contributed by atoms with E-state index in [4.69, 9.17) is 4.74 Å². The molecule has 136 valence electrons. The summed E-state index contributed by atoms with van der Waals surface area (Å²) in [5.74, 6) is 1.78. The number of anilines is 1. The lowest BCUT2D eigenvalue weighted by Crippen LogP contribution is -2.13. The van der Waals surface area contributed by atoms with E-state index in [1.807, 2.05) is 10.5 Å². The van der Waals surface area contributed by atoms with Crippen molar-refractivity contribution in [2.45, 2.75) is 31.7 Å². The predicted octanol–water partition coefficient (Wildman–Crippen LogP) is 3.63. The number of nitrogens with one attached hydrogen (secondary N) is 1. The van der Waals surface area contributed by atoms with Crippen LogP contribution in [0.25, 0.3) is 5.65 Å². The molecule has 0 spiro atoms. The summed E-state index contributed by atoms with van der Waals surface area (Å²) < 4.78 is 9.90. The monoisotopic (exact) mass is 369 g/mol. The van der Waals surface area contributed by atoms with E-state index in [2.05, 4.69) is 64.1 Å². The molecule has 0 bridgehead atoms. The van der Waals surface area contributed by atoms with Crippen LogP contribution >= 0.6 is 11.9 Å². The van der Waals surface area contributed by atoms with Gasteiger partial charge in [-0.15, -0.1) is 10.2 Å². The molecule has 3 heterocycles. The summed E-state index contributed by atoms with van der Waals surface area (Å²) in [6.07, 6.45) is 3.08. The van der Waals surface area contributed by atoms with Crippen LogP contribution in [0.4, 0.5) is 5.95 Å². The van der Waals surface area contributed by atoms with Crippen molar-refractivity contribution >= 4 is 23.5 Å². The van der Waals surface area contributed by atoms with E-state index >= 15 is 0 Å². The lowest BCUT2D eigenvalue weighted by molar-refractivity contribution is 0.357. The van der Waals surface area contributed by atoms with E-state index in [-0.39, 0.29) is 0 Å². The van der Waals surface area contributed by atoms with Crippen molar-refractivity contribution in [3.8, 4) is 5.75 Å². The third-order valence-electron chi connectivity index (χ3n) is 4.52. The summed E-state index contributed by atoms with van der Waals surface area (Å²) in [4.78, 5) is 1.18. The SMILES string of the molecule is CCN(CC)Sc1ccc2nnc(NCc3ccc4c(c3)CCO4)n2c1. The molecule has 1 aliphatic heterocycles. The van der Waals surface area contributed by atoms with Crippen LogP contribution in [0, 0.1) is 0 Å². The molecular formula is C19H23N5OS. The van der Waals surface area contributed by atoms with Gasteiger partial charge in [0, 0.05) is 37.1 Å². The Bertz CT molecular complexity index is 906. The topological polar surface area (TPSA) is 54.7 Å². The normalized spacial score (nSPS) is 13.2. The second-order valence-corrected chi connectivity index (χ2v) is 7.39. The van der Waals surface area contributed by atoms with Crippen LogP contribution in [-0.4, -0.2) is 38.6 Å². The Balaban J connectivity index is 1.51. The number of pyridine rings is 1. The first-order valence-corrected chi connectivity index (χ1v) is 9.80. The summed E-state index contributed by atoms with van der Waals surface area (Å²) in [6, 6.07) is 10.5. The molecule has 4 rings (SSSR count). The van der Waals surface area contributed by atoms with Crippen LogP contribution in [0.15, 0.2) is 41.4 Å². The fraction of sp³-hybridized carbons (Fsp3) is 0.368. The molecule has 1 aliphatic rings. The first-order valence-electron chi connectivity index (χ1n) is 9.03. The van der Waals surface area contributed by atoms with Gasteiger partial charge < -0.3 is 10.1 Å². The van der Waals surface area contributed by atoms with Crippen molar-refractivity contribution < 1.29 is 4.74 Å². The van der Waals surface area contributed by atoms with Gasteiger partial charge in [-0.3, -0.25) is 4.40 Å². The molecule has 6 nitrogen and oxygen atoms in total. The summed E-state index contributed by atoms with van der Waals surface area (Å²) in [5, 5.41) is 12.0. The molecule has 0 radical (unpaired) electrons. The molecule has 0 atom stereocenters. The van der Waals surface area contributed by atoms with Crippen LogP contribution in [0.1, 0.15) is 25.0 Å². The number of hydrogen-bond acceptors (Lipinski definition) is 6. The third-order valence-corrected chi connectivity index (χ3v) is 5.75. The van der Waals surface area contributed by atoms with Gasteiger partial charge in [-0.2, -0.15) is 0 Å². The Labute approximate surface area is 157 Å². The molecule has 0 saturated heterocycles. The second kappa shape index (κ2) is 7.55. The smallest absolute Gasteiger partial charge is 0.229 e. The van der Waals surface area contributed by atoms with E-state index in [9.17, 15) is 0 Å². The number of hydrogen-bond donors (Lipinski definition) is 1. The van der Waals surface area contributed by atoms with Crippen molar-refractivity contribution in [2.24, 2.45) is 0 Å². The highest BCUT2D eigenvalue weighted by atomic mass is 32.2. The van der Waals surface area contributed by atoms with E-state index in [1.54, 1.807) is 11.9 Å². The van der Waals surface area contributed by atoms with Gasteiger partial charge in [-0.05, 0) is 41.3 Å². The molecule has 2 aromatic heterocycles. The van der Waals surface area contributed by atoms with Gasteiger partial charge in [-0.1, -0.05) is 26.0 Å². The standard InChI is InChI=1S/C19H23N5OS/c1-3-23(4-2)26-16-6-8-18-21-22-19(24(18)13-16)20-12-14-5-7-17-15(11-14)9-10-25-17/h5-8,11,13H,3-4,9-10,12H2,1-2H3,(H,20,22). The largest absolute Gasteiger partial charge is 0.493 e. The van der Waals surface area contributed by atoms with Gasteiger partial charge in [0.15, 0.2) is 5.65 Å². The van der Waals surface area contributed by atoms with E-state index < -0.39 is 0 Å². The number of ether oxygens (including phenoxy) is 1. The molecular weight excluding hydrogens is 346 g/mol. The fourth-order valence-corrected chi connectivity index (χ4v) is 3.92. The van der Waals surface area contributed by atoms with E-state index in [1.165, 1.54) is 16.0 Å². The summed E-state index contributed by atoms with van der Waals surface area (Å²) in [5.41, 5.74) is 3.35. The predicted molar refractivity (Wildman–Crippen MR) is 105 cm³/mol. The zero-order chi connectivity index (χ0) is 17.9. The average Bonchev–Trinajstić information content (AvgIpc) is 3.30. The van der Waals surface area contributed by atoms with Gasteiger partial charge in [0.2, 0.25) is 5.95 Å². The fourth-order valence-electron chi connectivity index (χ4n) is 3.08. The minimum atomic E-state index is 0.710. The van der Waals surface area contributed by atoms with Crippen LogP contribution in [-0.2, 0) is 13.0 Å². The van der Waals surface area contributed by atoms with Gasteiger partial charge in [0.25, 0.3) is 0 Å². The maximum Gasteiger partial charge on any atom is 0.229 e. The van der Waals surface area contributed by atoms with Gasteiger partial charge in [0.1, 0.15) is 5.75 Å². The molecule has 0 aliphatic carbocycles. The highest BCUT2D eigenvalue weighted by Crippen LogP contribution is 2.26. The van der Waals surface area contributed by atoms with Crippen LogP contribution in [0.2, 0.25) is 0 Å². The number of rotatable bonds is 7. The zero-order valence-electron chi connectivity index (χ0n) is 15.1. The molecule has 0 fully saturated rings. The summed E-state index contributed by atoms with van der Waals surface area (Å²) in [7, 11) is 0.